The van der Waals surface area contributed by atoms with Crippen molar-refractivity contribution in [3.63, 3.8) is 0 Å². The van der Waals surface area contributed by atoms with Crippen LogP contribution >= 0.6 is 0 Å². The quantitative estimate of drug-likeness (QED) is 0.649. The number of hydrogen-bond donors (Lipinski definition) is 1. The van der Waals surface area contributed by atoms with Crippen molar-refractivity contribution in [1.82, 2.24) is 9.97 Å². The number of nitrogens with one attached hydrogen (secondary N) is 1. The SMILES string of the molecule is O=Cc1ncc(C2CCC2)[nH]1. The van der Waals surface area contributed by atoms with E-state index in [4.69, 9.17) is 0 Å². The fourth-order valence-electron chi connectivity index (χ4n) is 1.34. The van der Waals surface area contributed by atoms with E-state index in [9.17, 15) is 4.79 Å². The minimum atomic E-state index is 0.451. The van der Waals surface area contributed by atoms with E-state index in [1.54, 1.807) is 6.20 Å². The predicted molar refractivity (Wildman–Crippen MR) is 40.6 cm³/mol. The molecule has 11 heavy (non-hydrogen) atoms. The highest BCUT2D eigenvalue weighted by molar-refractivity contribution is 5.68. The average Bonchev–Trinajstić information content (AvgIpc) is 2.32. The molecule has 3 nitrogen and oxygen atoms in total. The van der Waals surface area contributed by atoms with Crippen LogP contribution in [0.1, 0.15) is 41.5 Å². The number of rotatable bonds is 2. The van der Waals surface area contributed by atoms with Gasteiger partial charge in [-0.15, -0.1) is 0 Å². The maximum absolute atomic E-state index is 10.3. The Morgan fingerprint density at radius 3 is 2.91 bits per heavy atom. The molecule has 58 valence electrons. The number of imidazole rings is 1. The first-order valence-corrected chi connectivity index (χ1v) is 3.90. The van der Waals surface area contributed by atoms with Crippen LogP contribution < -0.4 is 0 Å². The van der Waals surface area contributed by atoms with Gasteiger partial charge in [0.1, 0.15) is 0 Å². The van der Waals surface area contributed by atoms with E-state index in [2.05, 4.69) is 9.97 Å². The number of H-pyrrole nitrogens is 1. The second-order valence-electron chi connectivity index (χ2n) is 2.97. The molecule has 1 aliphatic carbocycles. The molecule has 0 aliphatic heterocycles. The summed E-state index contributed by atoms with van der Waals surface area (Å²) in [7, 11) is 0. The number of nitrogens with zero attached hydrogens (tertiary/aromatic N) is 1. The summed E-state index contributed by atoms with van der Waals surface area (Å²) in [6.45, 7) is 0. The van der Waals surface area contributed by atoms with Gasteiger partial charge in [0.2, 0.25) is 0 Å². The van der Waals surface area contributed by atoms with E-state index in [1.807, 2.05) is 0 Å². The summed E-state index contributed by atoms with van der Waals surface area (Å²) >= 11 is 0. The summed E-state index contributed by atoms with van der Waals surface area (Å²) in [6, 6.07) is 0. The maximum Gasteiger partial charge on any atom is 0.185 e. The lowest BCUT2D eigenvalue weighted by atomic mass is 9.83. The fourth-order valence-corrected chi connectivity index (χ4v) is 1.34. The summed E-state index contributed by atoms with van der Waals surface area (Å²) < 4.78 is 0. The molecule has 0 bridgehead atoms. The number of aromatic amines is 1. The van der Waals surface area contributed by atoms with Crippen molar-refractivity contribution >= 4 is 6.29 Å². The normalized spacial score (nSPS) is 17.8. The third-order valence-corrected chi connectivity index (χ3v) is 2.27. The van der Waals surface area contributed by atoms with Gasteiger partial charge in [0.25, 0.3) is 0 Å². The Labute approximate surface area is 64.8 Å². The zero-order chi connectivity index (χ0) is 7.68. The van der Waals surface area contributed by atoms with Crippen LogP contribution in [0.15, 0.2) is 6.20 Å². The van der Waals surface area contributed by atoms with E-state index in [1.165, 1.54) is 19.3 Å². The zero-order valence-electron chi connectivity index (χ0n) is 6.21. The highest BCUT2D eigenvalue weighted by Crippen LogP contribution is 2.34. The lowest BCUT2D eigenvalue weighted by Crippen LogP contribution is -2.08. The Balaban J connectivity index is 2.17. The molecule has 3 heteroatoms. The monoisotopic (exact) mass is 150 g/mol. The molecule has 0 saturated heterocycles. The van der Waals surface area contributed by atoms with E-state index in [-0.39, 0.29) is 0 Å². The predicted octanol–water partition coefficient (Wildman–Crippen LogP) is 1.49. The summed E-state index contributed by atoms with van der Waals surface area (Å²) in [4.78, 5) is 17.2. The van der Waals surface area contributed by atoms with Crippen LogP contribution in [-0.4, -0.2) is 16.3 Å². The molecule has 0 aromatic carbocycles. The van der Waals surface area contributed by atoms with Crippen molar-refractivity contribution in [3.8, 4) is 0 Å². The Hall–Kier alpha value is -1.12. The van der Waals surface area contributed by atoms with E-state index < -0.39 is 0 Å². The number of carbonyl (C=O) groups is 1. The first-order chi connectivity index (χ1) is 5.40. The first-order valence-electron chi connectivity index (χ1n) is 3.90. The molecule has 0 spiro atoms. The van der Waals surface area contributed by atoms with Gasteiger partial charge in [-0.05, 0) is 12.8 Å². The third-order valence-electron chi connectivity index (χ3n) is 2.27. The van der Waals surface area contributed by atoms with Gasteiger partial charge < -0.3 is 4.98 Å². The third kappa shape index (κ3) is 1.06. The second kappa shape index (κ2) is 2.49. The molecule has 1 fully saturated rings. The van der Waals surface area contributed by atoms with E-state index >= 15 is 0 Å². The van der Waals surface area contributed by atoms with Crippen LogP contribution in [0.25, 0.3) is 0 Å². The molecular weight excluding hydrogens is 140 g/mol. The number of hydrogen-bond acceptors (Lipinski definition) is 2. The molecule has 2 rings (SSSR count). The smallest absolute Gasteiger partial charge is 0.185 e. The number of aromatic nitrogens is 2. The zero-order valence-corrected chi connectivity index (χ0v) is 6.21. The van der Waals surface area contributed by atoms with Crippen molar-refractivity contribution in [3.05, 3.63) is 17.7 Å². The lowest BCUT2D eigenvalue weighted by Gasteiger charge is -2.23. The van der Waals surface area contributed by atoms with Gasteiger partial charge in [-0.1, -0.05) is 6.42 Å². The Morgan fingerprint density at radius 2 is 2.45 bits per heavy atom. The molecule has 1 aromatic rings. The van der Waals surface area contributed by atoms with Gasteiger partial charge in [0, 0.05) is 17.8 Å². The van der Waals surface area contributed by atoms with Crippen LogP contribution in [-0.2, 0) is 0 Å². The van der Waals surface area contributed by atoms with Crippen molar-refractivity contribution in [2.24, 2.45) is 0 Å². The first kappa shape index (κ1) is 6.58. The van der Waals surface area contributed by atoms with Gasteiger partial charge >= 0.3 is 0 Å². The molecule has 0 amide bonds. The van der Waals surface area contributed by atoms with Gasteiger partial charge in [-0.25, -0.2) is 4.98 Å². The van der Waals surface area contributed by atoms with Crippen molar-refractivity contribution in [1.29, 1.82) is 0 Å². The van der Waals surface area contributed by atoms with Crippen molar-refractivity contribution in [2.45, 2.75) is 25.2 Å². The molecular formula is C8H10N2O. The molecule has 0 atom stereocenters. The largest absolute Gasteiger partial charge is 0.339 e. The second-order valence-corrected chi connectivity index (χ2v) is 2.97. The minimum absolute atomic E-state index is 0.451. The van der Waals surface area contributed by atoms with Gasteiger partial charge in [-0.2, -0.15) is 0 Å². The van der Waals surface area contributed by atoms with Crippen molar-refractivity contribution < 1.29 is 4.79 Å². The Morgan fingerprint density at radius 1 is 1.64 bits per heavy atom. The summed E-state index contributed by atoms with van der Waals surface area (Å²) in [5, 5.41) is 0. The number of aldehydes is 1. The molecule has 1 aromatic heterocycles. The van der Waals surface area contributed by atoms with Gasteiger partial charge in [0.05, 0.1) is 0 Å². The maximum atomic E-state index is 10.3. The van der Waals surface area contributed by atoms with Gasteiger partial charge in [0.15, 0.2) is 12.1 Å². The summed E-state index contributed by atoms with van der Waals surface area (Å²) in [5.41, 5.74) is 1.12. The lowest BCUT2D eigenvalue weighted by molar-refractivity contribution is 0.111. The minimum Gasteiger partial charge on any atom is -0.339 e. The molecule has 1 aliphatic rings. The summed E-state index contributed by atoms with van der Waals surface area (Å²) in [5.74, 6) is 1.09. The Bertz CT molecular complexity index is 263. The van der Waals surface area contributed by atoms with Crippen LogP contribution in [0.5, 0.6) is 0 Å². The van der Waals surface area contributed by atoms with Gasteiger partial charge in [-0.3, -0.25) is 4.79 Å². The Kier molecular flexibility index (Phi) is 1.49. The van der Waals surface area contributed by atoms with E-state index in [0.717, 1.165) is 12.0 Å². The highest BCUT2D eigenvalue weighted by Gasteiger charge is 2.20. The van der Waals surface area contributed by atoms with Crippen LogP contribution in [0.3, 0.4) is 0 Å². The number of carbonyl (C=O) groups excluding carboxylic acids is 1. The molecule has 1 heterocycles. The average molecular weight is 150 g/mol. The molecule has 1 saturated carbocycles. The standard InChI is InChI=1S/C8H10N2O/c11-5-8-9-4-7(10-8)6-2-1-3-6/h4-6H,1-3H2,(H,9,10). The van der Waals surface area contributed by atoms with Crippen LogP contribution in [0.4, 0.5) is 0 Å². The van der Waals surface area contributed by atoms with Crippen LogP contribution in [0, 0.1) is 0 Å². The fraction of sp³-hybridized carbons (Fsp3) is 0.500. The topological polar surface area (TPSA) is 45.8 Å². The summed E-state index contributed by atoms with van der Waals surface area (Å²) in [6.07, 6.45) is 6.30. The molecule has 1 N–H and O–H groups in total. The molecule has 0 radical (unpaired) electrons. The highest BCUT2D eigenvalue weighted by atomic mass is 16.1. The van der Waals surface area contributed by atoms with Crippen LogP contribution in [0.2, 0.25) is 0 Å². The molecule has 0 unspecified atom stereocenters. The van der Waals surface area contributed by atoms with E-state index in [0.29, 0.717) is 11.7 Å². The van der Waals surface area contributed by atoms with Crippen molar-refractivity contribution in [2.75, 3.05) is 0 Å².